The molecule has 1 N–H and O–H groups in total. The summed E-state index contributed by atoms with van der Waals surface area (Å²) in [7, 11) is -3.16. The number of nitrogens with one attached hydrogen (secondary N) is 1. The third-order valence-electron chi connectivity index (χ3n) is 3.28. The molecule has 20 heavy (non-hydrogen) atoms. The van der Waals surface area contributed by atoms with Gasteiger partial charge in [0.2, 0.25) is 10.0 Å². The number of benzene rings is 1. The third kappa shape index (κ3) is 3.94. The van der Waals surface area contributed by atoms with E-state index < -0.39 is 10.0 Å². The van der Waals surface area contributed by atoms with Gasteiger partial charge in [-0.15, -0.1) is 0 Å². The Labute approximate surface area is 119 Å². The Bertz CT molecular complexity index is 551. The van der Waals surface area contributed by atoms with Crippen LogP contribution in [0.15, 0.2) is 30.3 Å². The highest BCUT2D eigenvalue weighted by molar-refractivity contribution is 7.88. The van der Waals surface area contributed by atoms with Crippen molar-refractivity contribution < 1.29 is 13.2 Å². The van der Waals surface area contributed by atoms with Crippen LogP contribution in [-0.2, 0) is 16.6 Å². The highest BCUT2D eigenvalue weighted by Crippen LogP contribution is 2.06. The van der Waals surface area contributed by atoms with Crippen LogP contribution in [0.3, 0.4) is 0 Å². The topological polar surface area (TPSA) is 69.7 Å². The maximum atomic E-state index is 12.0. The van der Waals surface area contributed by atoms with Gasteiger partial charge in [-0.25, -0.2) is 13.2 Å². The Morgan fingerprint density at radius 1 is 1.15 bits per heavy atom. The fraction of sp³-hybridized carbons (Fsp3) is 0.462. The zero-order valence-corrected chi connectivity index (χ0v) is 12.3. The Balaban J connectivity index is 1.80. The number of carbonyl (C=O) groups excluding carboxylic acids is 1. The molecule has 6 nitrogen and oxygen atoms in total. The molecule has 1 aliphatic heterocycles. The number of rotatable bonds is 3. The number of carbonyl (C=O) groups is 1. The van der Waals surface area contributed by atoms with E-state index in [1.54, 1.807) is 4.90 Å². The summed E-state index contributed by atoms with van der Waals surface area (Å²) in [6, 6.07) is 9.51. The van der Waals surface area contributed by atoms with E-state index in [4.69, 9.17) is 0 Å². The van der Waals surface area contributed by atoms with E-state index in [0.29, 0.717) is 32.7 Å². The van der Waals surface area contributed by atoms with Crippen LogP contribution in [0.4, 0.5) is 4.79 Å². The molecular weight excluding hydrogens is 278 g/mol. The van der Waals surface area contributed by atoms with E-state index in [9.17, 15) is 13.2 Å². The lowest BCUT2D eigenvalue weighted by Crippen LogP contribution is -2.52. The van der Waals surface area contributed by atoms with Crippen molar-refractivity contribution in [1.82, 2.24) is 14.5 Å². The van der Waals surface area contributed by atoms with Crippen molar-refractivity contribution in [1.29, 1.82) is 0 Å². The van der Waals surface area contributed by atoms with Crippen LogP contribution in [0.5, 0.6) is 0 Å². The van der Waals surface area contributed by atoms with Gasteiger partial charge in [0.05, 0.1) is 6.26 Å². The summed E-state index contributed by atoms with van der Waals surface area (Å²) in [4.78, 5) is 13.6. The van der Waals surface area contributed by atoms with Gasteiger partial charge in [0.25, 0.3) is 0 Å². The van der Waals surface area contributed by atoms with Crippen LogP contribution in [0.2, 0.25) is 0 Å². The monoisotopic (exact) mass is 297 g/mol. The van der Waals surface area contributed by atoms with E-state index in [0.717, 1.165) is 5.56 Å². The number of nitrogens with zero attached hydrogens (tertiary/aromatic N) is 2. The largest absolute Gasteiger partial charge is 0.334 e. The van der Waals surface area contributed by atoms with Crippen LogP contribution in [-0.4, -0.2) is 56.1 Å². The summed E-state index contributed by atoms with van der Waals surface area (Å²) in [5.41, 5.74) is 1.04. The number of piperazine rings is 1. The maximum absolute atomic E-state index is 12.0. The summed E-state index contributed by atoms with van der Waals surface area (Å²) in [6.45, 7) is 2.04. The minimum absolute atomic E-state index is 0.151. The predicted octanol–water partition coefficient (Wildman–Crippen LogP) is 0.473. The molecule has 110 valence electrons. The highest BCUT2D eigenvalue weighted by Gasteiger charge is 2.25. The second-order valence-electron chi connectivity index (χ2n) is 4.79. The summed E-state index contributed by atoms with van der Waals surface area (Å²) >= 11 is 0. The number of urea groups is 1. The maximum Gasteiger partial charge on any atom is 0.317 e. The Morgan fingerprint density at radius 3 is 2.30 bits per heavy atom. The molecular formula is C13H19N3O3S. The molecule has 1 aromatic carbocycles. The van der Waals surface area contributed by atoms with Crippen molar-refractivity contribution in [2.24, 2.45) is 0 Å². The van der Waals surface area contributed by atoms with Gasteiger partial charge in [0, 0.05) is 32.7 Å². The first-order valence-electron chi connectivity index (χ1n) is 6.48. The van der Waals surface area contributed by atoms with E-state index in [1.807, 2.05) is 30.3 Å². The number of amides is 2. The minimum Gasteiger partial charge on any atom is -0.334 e. The molecule has 1 saturated heterocycles. The van der Waals surface area contributed by atoms with Gasteiger partial charge < -0.3 is 10.2 Å². The smallest absolute Gasteiger partial charge is 0.317 e. The molecule has 0 bridgehead atoms. The zero-order chi connectivity index (χ0) is 14.6. The van der Waals surface area contributed by atoms with Crippen LogP contribution in [0, 0.1) is 0 Å². The van der Waals surface area contributed by atoms with Gasteiger partial charge in [-0.1, -0.05) is 30.3 Å². The van der Waals surface area contributed by atoms with E-state index in [1.165, 1.54) is 10.6 Å². The molecule has 2 rings (SSSR count). The van der Waals surface area contributed by atoms with Crippen LogP contribution in [0.25, 0.3) is 0 Å². The second-order valence-corrected chi connectivity index (χ2v) is 6.78. The molecule has 0 aromatic heterocycles. The predicted molar refractivity (Wildman–Crippen MR) is 76.7 cm³/mol. The van der Waals surface area contributed by atoms with Crippen molar-refractivity contribution in [3.05, 3.63) is 35.9 Å². The molecule has 1 fully saturated rings. The summed E-state index contributed by atoms with van der Waals surface area (Å²) < 4.78 is 24.2. The molecule has 0 atom stereocenters. The fourth-order valence-electron chi connectivity index (χ4n) is 2.11. The minimum atomic E-state index is -3.16. The van der Waals surface area contributed by atoms with Crippen LogP contribution < -0.4 is 5.32 Å². The van der Waals surface area contributed by atoms with Crippen LogP contribution in [0.1, 0.15) is 5.56 Å². The molecule has 0 aliphatic carbocycles. The van der Waals surface area contributed by atoms with Crippen molar-refractivity contribution in [3.63, 3.8) is 0 Å². The highest BCUT2D eigenvalue weighted by atomic mass is 32.2. The first-order chi connectivity index (χ1) is 9.47. The number of hydrogen-bond donors (Lipinski definition) is 1. The summed E-state index contributed by atoms with van der Waals surface area (Å²) in [5.74, 6) is 0. The van der Waals surface area contributed by atoms with Crippen LogP contribution >= 0.6 is 0 Å². The molecule has 0 unspecified atom stereocenters. The summed E-state index contributed by atoms with van der Waals surface area (Å²) in [5, 5.41) is 2.84. The van der Waals surface area contributed by atoms with E-state index in [2.05, 4.69) is 5.32 Å². The van der Waals surface area contributed by atoms with Gasteiger partial charge >= 0.3 is 6.03 Å². The molecule has 0 spiro atoms. The van der Waals surface area contributed by atoms with Gasteiger partial charge in [-0.2, -0.15) is 4.31 Å². The fourth-order valence-corrected chi connectivity index (χ4v) is 2.93. The first-order valence-corrected chi connectivity index (χ1v) is 8.33. The molecule has 1 heterocycles. The third-order valence-corrected chi connectivity index (χ3v) is 4.58. The Hall–Kier alpha value is -1.60. The number of sulfonamides is 1. The van der Waals surface area contributed by atoms with Crippen molar-refractivity contribution in [2.45, 2.75) is 6.54 Å². The lowest BCUT2D eigenvalue weighted by atomic mass is 10.2. The normalized spacial score (nSPS) is 16.9. The Morgan fingerprint density at radius 2 is 1.75 bits per heavy atom. The zero-order valence-electron chi connectivity index (χ0n) is 11.4. The lowest BCUT2D eigenvalue weighted by Gasteiger charge is -2.33. The van der Waals surface area contributed by atoms with Crippen molar-refractivity contribution >= 4 is 16.1 Å². The molecule has 7 heteroatoms. The SMILES string of the molecule is CS(=O)(=O)N1CCN(C(=O)NCc2ccccc2)CC1. The Kier molecular flexibility index (Phi) is 4.61. The molecule has 2 amide bonds. The average Bonchev–Trinajstić information content (AvgIpc) is 2.45. The van der Waals surface area contributed by atoms with Gasteiger partial charge in [0.15, 0.2) is 0 Å². The lowest BCUT2D eigenvalue weighted by molar-refractivity contribution is 0.172. The standard InChI is InChI=1S/C13H19N3O3S/c1-20(18,19)16-9-7-15(8-10-16)13(17)14-11-12-5-3-2-4-6-12/h2-6H,7-11H2,1H3,(H,14,17). The van der Waals surface area contributed by atoms with Gasteiger partial charge in [0.1, 0.15) is 0 Å². The quantitative estimate of drug-likeness (QED) is 0.882. The molecule has 0 saturated carbocycles. The average molecular weight is 297 g/mol. The van der Waals surface area contributed by atoms with Crippen molar-refractivity contribution in [2.75, 3.05) is 32.4 Å². The van der Waals surface area contributed by atoms with E-state index >= 15 is 0 Å². The number of hydrogen-bond acceptors (Lipinski definition) is 3. The van der Waals surface area contributed by atoms with Gasteiger partial charge in [-0.3, -0.25) is 0 Å². The first kappa shape index (κ1) is 14.8. The molecule has 1 aromatic rings. The molecule has 0 radical (unpaired) electrons. The van der Waals surface area contributed by atoms with E-state index in [-0.39, 0.29) is 6.03 Å². The van der Waals surface area contributed by atoms with Crippen molar-refractivity contribution in [3.8, 4) is 0 Å². The second kappa shape index (κ2) is 6.23. The summed E-state index contributed by atoms with van der Waals surface area (Å²) in [6.07, 6.45) is 1.19. The molecule has 1 aliphatic rings. The van der Waals surface area contributed by atoms with Gasteiger partial charge in [-0.05, 0) is 5.56 Å².